The summed E-state index contributed by atoms with van der Waals surface area (Å²) in [4.78, 5) is 13.1. The zero-order chi connectivity index (χ0) is 26.3. The summed E-state index contributed by atoms with van der Waals surface area (Å²) in [6.45, 7) is 3.72. The highest BCUT2D eigenvalue weighted by Gasteiger charge is 2.20. The summed E-state index contributed by atoms with van der Waals surface area (Å²) < 4.78 is 40.5. The van der Waals surface area contributed by atoms with Crippen molar-refractivity contribution < 1.29 is 17.6 Å². The fourth-order valence-corrected chi connectivity index (χ4v) is 5.10. The van der Waals surface area contributed by atoms with Crippen LogP contribution >= 0.6 is 0 Å². The predicted octanol–water partition coefficient (Wildman–Crippen LogP) is 5.35. The summed E-state index contributed by atoms with van der Waals surface area (Å²) in [6, 6.07) is 23.7. The summed E-state index contributed by atoms with van der Waals surface area (Å²) in [5.41, 5.74) is 3.08. The lowest BCUT2D eigenvalue weighted by atomic mass is 10.0. The first-order chi connectivity index (χ1) is 17.6. The van der Waals surface area contributed by atoms with Crippen LogP contribution in [0.3, 0.4) is 0 Å². The monoisotopic (exact) mass is 514 g/mol. The molecule has 3 N–H and O–H groups in total. The molecular weight excluding hydrogens is 491 g/mol. The van der Waals surface area contributed by atoms with Gasteiger partial charge in [0, 0.05) is 5.56 Å². The summed E-state index contributed by atoms with van der Waals surface area (Å²) in [6.07, 6.45) is 0. The number of hydrogen-bond donors (Lipinski definition) is 2. The normalized spacial score (nSPS) is 11.6. The average molecular weight is 515 g/mol. The molecule has 1 aromatic heterocycles. The molecule has 0 spiro atoms. The number of amides is 1. The number of fused-ring (bicyclic) bond motifs is 1. The maximum Gasteiger partial charge on any atom is 0.274 e. The second-order valence-corrected chi connectivity index (χ2v) is 10.3. The molecule has 0 saturated heterocycles. The van der Waals surface area contributed by atoms with Crippen molar-refractivity contribution in [2.45, 2.75) is 18.7 Å². The number of carbonyl (C=O) groups is 1. The number of rotatable bonds is 5. The van der Waals surface area contributed by atoms with Crippen LogP contribution in [-0.4, -0.2) is 24.1 Å². The zero-order valence-electron chi connectivity index (χ0n) is 20.1. The largest absolute Gasteiger partial charge is 0.318 e. The Morgan fingerprint density at radius 3 is 2.30 bits per heavy atom. The Bertz CT molecular complexity index is 1800. The molecule has 0 unspecified atom stereocenters. The van der Waals surface area contributed by atoms with Crippen molar-refractivity contribution in [2.24, 2.45) is 5.14 Å². The molecule has 0 bridgehead atoms. The standard InChI is InChI=1S/C28H23FN4O3S/c1-17-13-19-7-3-4-8-20(19)16-25(17)33-26(14-18(2)32-33)28(34)31-24-12-11-21(15-23(24)29)22-9-5-6-10-27(22)37(30,35)36/h3-16H,1-2H3,(H,31,34)(H2,30,35,36). The lowest BCUT2D eigenvalue weighted by Gasteiger charge is -2.13. The topological polar surface area (TPSA) is 107 Å². The quantitative estimate of drug-likeness (QED) is 0.330. The van der Waals surface area contributed by atoms with Gasteiger partial charge in [-0.15, -0.1) is 0 Å². The van der Waals surface area contributed by atoms with Gasteiger partial charge in [-0.25, -0.2) is 22.6 Å². The van der Waals surface area contributed by atoms with Crippen molar-refractivity contribution in [3.63, 3.8) is 0 Å². The number of carbonyl (C=O) groups excluding carboxylic acids is 1. The fraction of sp³-hybridized carbons (Fsp3) is 0.0714. The number of aromatic nitrogens is 2. The second-order valence-electron chi connectivity index (χ2n) is 8.76. The molecule has 0 saturated carbocycles. The molecule has 0 radical (unpaired) electrons. The fourth-order valence-electron chi connectivity index (χ4n) is 4.34. The second kappa shape index (κ2) is 9.27. The van der Waals surface area contributed by atoms with Gasteiger partial charge in [0.05, 0.1) is 22.0 Å². The predicted molar refractivity (Wildman–Crippen MR) is 142 cm³/mol. The minimum atomic E-state index is -4.01. The van der Waals surface area contributed by atoms with Crippen molar-refractivity contribution in [3.8, 4) is 16.8 Å². The Balaban J connectivity index is 1.49. The first-order valence-electron chi connectivity index (χ1n) is 11.4. The van der Waals surface area contributed by atoms with Gasteiger partial charge in [0.2, 0.25) is 10.0 Å². The van der Waals surface area contributed by atoms with E-state index in [1.165, 1.54) is 24.3 Å². The number of primary sulfonamides is 1. The number of sulfonamides is 1. The number of halogens is 1. The van der Waals surface area contributed by atoms with E-state index >= 15 is 4.39 Å². The van der Waals surface area contributed by atoms with E-state index in [0.717, 1.165) is 28.1 Å². The van der Waals surface area contributed by atoms with Gasteiger partial charge in [-0.3, -0.25) is 4.79 Å². The molecule has 0 aliphatic rings. The first kappa shape index (κ1) is 24.4. The van der Waals surface area contributed by atoms with Crippen LogP contribution in [0.15, 0.2) is 89.8 Å². The lowest BCUT2D eigenvalue weighted by Crippen LogP contribution is -2.18. The van der Waals surface area contributed by atoms with Crippen LogP contribution in [0.4, 0.5) is 10.1 Å². The van der Waals surface area contributed by atoms with E-state index in [0.29, 0.717) is 11.3 Å². The number of anilines is 1. The van der Waals surface area contributed by atoms with Gasteiger partial charge in [0.25, 0.3) is 5.91 Å². The van der Waals surface area contributed by atoms with Crippen molar-refractivity contribution >= 4 is 32.4 Å². The van der Waals surface area contributed by atoms with Crippen LogP contribution in [0.25, 0.3) is 27.6 Å². The number of nitrogens with two attached hydrogens (primary N) is 1. The lowest BCUT2D eigenvalue weighted by molar-refractivity contribution is 0.101. The van der Waals surface area contributed by atoms with Crippen molar-refractivity contribution in [1.82, 2.24) is 9.78 Å². The van der Waals surface area contributed by atoms with Gasteiger partial charge in [0.1, 0.15) is 11.5 Å². The van der Waals surface area contributed by atoms with Crippen molar-refractivity contribution in [1.29, 1.82) is 0 Å². The molecule has 5 aromatic rings. The first-order valence-corrected chi connectivity index (χ1v) is 13.0. The van der Waals surface area contributed by atoms with Gasteiger partial charge >= 0.3 is 0 Å². The van der Waals surface area contributed by atoms with E-state index < -0.39 is 21.7 Å². The molecule has 0 aliphatic carbocycles. The molecule has 9 heteroatoms. The van der Waals surface area contributed by atoms with Gasteiger partial charge in [-0.05, 0) is 72.1 Å². The third kappa shape index (κ3) is 4.74. The van der Waals surface area contributed by atoms with Crippen LogP contribution in [0, 0.1) is 19.7 Å². The molecule has 0 fully saturated rings. The van der Waals surface area contributed by atoms with E-state index in [-0.39, 0.29) is 21.8 Å². The molecular formula is C28H23FN4O3S. The van der Waals surface area contributed by atoms with Crippen LogP contribution in [-0.2, 0) is 10.0 Å². The van der Waals surface area contributed by atoms with Crippen LogP contribution in [0.1, 0.15) is 21.7 Å². The molecule has 1 heterocycles. The van der Waals surface area contributed by atoms with Crippen molar-refractivity contribution in [3.05, 3.63) is 108 Å². The molecule has 7 nitrogen and oxygen atoms in total. The van der Waals surface area contributed by atoms with E-state index in [1.54, 1.807) is 29.8 Å². The van der Waals surface area contributed by atoms with Gasteiger partial charge in [0.15, 0.2) is 0 Å². The molecule has 5 rings (SSSR count). The highest BCUT2D eigenvalue weighted by atomic mass is 32.2. The molecule has 4 aromatic carbocycles. The number of hydrogen-bond acceptors (Lipinski definition) is 4. The summed E-state index contributed by atoms with van der Waals surface area (Å²) >= 11 is 0. The molecule has 0 aliphatic heterocycles. The van der Waals surface area contributed by atoms with Crippen LogP contribution in [0.5, 0.6) is 0 Å². The minimum Gasteiger partial charge on any atom is -0.318 e. The van der Waals surface area contributed by atoms with Crippen LogP contribution < -0.4 is 10.5 Å². The molecule has 37 heavy (non-hydrogen) atoms. The maximum atomic E-state index is 15.1. The minimum absolute atomic E-state index is 0.0533. The van der Waals surface area contributed by atoms with E-state index in [4.69, 9.17) is 5.14 Å². The van der Waals surface area contributed by atoms with Crippen molar-refractivity contribution in [2.75, 3.05) is 5.32 Å². The highest BCUT2D eigenvalue weighted by molar-refractivity contribution is 7.89. The number of aryl methyl sites for hydroxylation is 2. The Morgan fingerprint density at radius 2 is 1.59 bits per heavy atom. The van der Waals surface area contributed by atoms with Gasteiger partial charge in [-0.2, -0.15) is 5.10 Å². The summed E-state index contributed by atoms with van der Waals surface area (Å²) in [5.74, 6) is -1.26. The summed E-state index contributed by atoms with van der Waals surface area (Å²) in [7, 11) is -4.01. The number of benzene rings is 4. The van der Waals surface area contributed by atoms with Crippen LogP contribution in [0.2, 0.25) is 0 Å². The molecule has 0 atom stereocenters. The molecule has 1 amide bonds. The Hall–Kier alpha value is -4.34. The Kier molecular flexibility index (Phi) is 6.10. The Labute approximate surface area is 213 Å². The third-order valence-electron chi connectivity index (χ3n) is 6.08. The van der Waals surface area contributed by atoms with E-state index in [1.807, 2.05) is 43.3 Å². The molecule has 186 valence electrons. The van der Waals surface area contributed by atoms with Gasteiger partial charge in [-0.1, -0.05) is 48.5 Å². The summed E-state index contributed by atoms with van der Waals surface area (Å²) in [5, 5.41) is 14.5. The SMILES string of the molecule is Cc1cc(C(=O)Nc2ccc(-c3ccccc3S(N)(=O)=O)cc2F)n(-c2cc3ccccc3cc2C)n1. The smallest absolute Gasteiger partial charge is 0.274 e. The number of nitrogens with one attached hydrogen (secondary N) is 1. The number of nitrogens with zero attached hydrogens (tertiary/aromatic N) is 2. The maximum absolute atomic E-state index is 15.1. The van der Waals surface area contributed by atoms with Gasteiger partial charge < -0.3 is 5.32 Å². The highest BCUT2D eigenvalue weighted by Crippen LogP contribution is 2.30. The third-order valence-corrected chi connectivity index (χ3v) is 7.05. The van der Waals surface area contributed by atoms with E-state index in [9.17, 15) is 13.2 Å². The zero-order valence-corrected chi connectivity index (χ0v) is 20.9. The Morgan fingerprint density at radius 1 is 0.919 bits per heavy atom. The van der Waals surface area contributed by atoms with E-state index in [2.05, 4.69) is 10.4 Å². The average Bonchev–Trinajstić information content (AvgIpc) is 3.25.